The Bertz CT molecular complexity index is 1490. The number of ether oxygens (including phenoxy) is 3. The van der Waals surface area contributed by atoms with Crippen LogP contribution >= 0.6 is 0 Å². The molecule has 0 bridgehead atoms. The Hall–Kier alpha value is -4.86. The van der Waals surface area contributed by atoms with Gasteiger partial charge in [0, 0.05) is 5.39 Å². The minimum atomic E-state index is -0.643. The lowest BCUT2D eigenvalue weighted by Crippen LogP contribution is -2.29. The van der Waals surface area contributed by atoms with Gasteiger partial charge in [-0.2, -0.15) is 0 Å². The minimum absolute atomic E-state index is 0.114. The number of nitrogens with one attached hydrogen (secondary N) is 1. The molecule has 0 fully saturated rings. The van der Waals surface area contributed by atoms with E-state index in [4.69, 9.17) is 14.2 Å². The van der Waals surface area contributed by atoms with Gasteiger partial charge in [0.2, 0.25) is 18.6 Å². The predicted octanol–water partition coefficient (Wildman–Crippen LogP) is 4.10. The van der Waals surface area contributed by atoms with E-state index in [-0.39, 0.29) is 37.2 Å². The Kier molecular flexibility index (Phi) is 6.71. The summed E-state index contributed by atoms with van der Waals surface area (Å²) in [6.45, 7) is 0.208. The molecule has 5 rings (SSSR count). The van der Waals surface area contributed by atoms with Crippen LogP contribution in [-0.2, 0) is 22.6 Å². The third kappa shape index (κ3) is 5.22. The molecule has 37 heavy (non-hydrogen) atoms. The van der Waals surface area contributed by atoms with Gasteiger partial charge in [-0.05, 0) is 41.5 Å². The molecule has 1 aliphatic rings. The van der Waals surface area contributed by atoms with Gasteiger partial charge in [0.25, 0.3) is 5.91 Å². The number of benzene rings is 3. The predicted molar refractivity (Wildman–Crippen MR) is 135 cm³/mol. The molecule has 10 nitrogen and oxygen atoms in total. The molecule has 0 radical (unpaired) electrons. The molecule has 188 valence electrons. The first-order valence-corrected chi connectivity index (χ1v) is 11.5. The number of hydrogen-bond donors (Lipinski definition) is 2. The van der Waals surface area contributed by atoms with E-state index in [9.17, 15) is 14.7 Å². The molecule has 0 saturated heterocycles. The van der Waals surface area contributed by atoms with Crippen molar-refractivity contribution in [1.29, 1.82) is 0 Å². The van der Waals surface area contributed by atoms with Crippen LogP contribution in [0.15, 0.2) is 77.0 Å². The van der Waals surface area contributed by atoms with Crippen LogP contribution in [0.1, 0.15) is 11.1 Å². The normalized spacial score (nSPS) is 12.2. The van der Waals surface area contributed by atoms with Crippen LogP contribution in [0.25, 0.3) is 10.9 Å². The van der Waals surface area contributed by atoms with Crippen molar-refractivity contribution in [2.45, 2.75) is 13.0 Å². The number of carbonyl (C=O) groups excluding carboxylic acids is 2. The smallest absolute Gasteiger partial charge is 0.283 e. The molecule has 2 heterocycles. The first kappa shape index (κ1) is 23.9. The highest BCUT2D eigenvalue weighted by molar-refractivity contribution is 5.95. The summed E-state index contributed by atoms with van der Waals surface area (Å²) in [5, 5.41) is 21.9. The summed E-state index contributed by atoms with van der Waals surface area (Å²) in [5.74, 6) is 0.925. The quantitative estimate of drug-likeness (QED) is 0.351. The number of methoxy groups -OCH3 is 1. The molecule has 2 amide bonds. The zero-order chi connectivity index (χ0) is 25.8. The van der Waals surface area contributed by atoms with Gasteiger partial charge in [-0.1, -0.05) is 36.4 Å². The summed E-state index contributed by atoms with van der Waals surface area (Å²) >= 11 is 0. The van der Waals surface area contributed by atoms with Crippen LogP contribution in [-0.4, -0.2) is 41.9 Å². The second kappa shape index (κ2) is 10.4. The largest absolute Gasteiger partial charge is 0.497 e. The number of nitrogens with zero attached hydrogens (tertiary/aromatic N) is 3. The number of carbonyl (C=O) groups is 2. The molecule has 10 heteroatoms. The second-order valence-electron chi connectivity index (χ2n) is 8.36. The average molecular weight is 501 g/mol. The van der Waals surface area contributed by atoms with Crippen molar-refractivity contribution in [2.24, 2.45) is 10.2 Å². The summed E-state index contributed by atoms with van der Waals surface area (Å²) in [4.78, 5) is 24.5. The molecular formula is C27H24N4O6. The van der Waals surface area contributed by atoms with Crippen molar-refractivity contribution in [1.82, 2.24) is 9.88 Å². The first-order chi connectivity index (χ1) is 18.0. The van der Waals surface area contributed by atoms with Crippen molar-refractivity contribution in [2.75, 3.05) is 20.4 Å². The van der Waals surface area contributed by atoms with Crippen LogP contribution in [0.2, 0.25) is 0 Å². The van der Waals surface area contributed by atoms with Crippen molar-refractivity contribution in [3.05, 3.63) is 77.9 Å². The van der Waals surface area contributed by atoms with Crippen LogP contribution in [0, 0.1) is 0 Å². The average Bonchev–Trinajstić information content (AvgIpc) is 3.49. The second-order valence-corrected chi connectivity index (χ2v) is 8.36. The Morgan fingerprint density at radius 3 is 2.59 bits per heavy atom. The van der Waals surface area contributed by atoms with Gasteiger partial charge in [0.05, 0.1) is 25.6 Å². The van der Waals surface area contributed by atoms with E-state index in [2.05, 4.69) is 15.5 Å². The van der Waals surface area contributed by atoms with Crippen molar-refractivity contribution in [3.63, 3.8) is 0 Å². The third-order valence-electron chi connectivity index (χ3n) is 5.92. The van der Waals surface area contributed by atoms with Gasteiger partial charge in [-0.15, -0.1) is 10.2 Å². The van der Waals surface area contributed by atoms with Crippen LogP contribution in [0.3, 0.4) is 0 Å². The van der Waals surface area contributed by atoms with Crippen LogP contribution < -0.4 is 19.5 Å². The fourth-order valence-corrected chi connectivity index (χ4v) is 4.06. The molecule has 1 aliphatic heterocycles. The van der Waals surface area contributed by atoms with Crippen LogP contribution in [0.5, 0.6) is 23.1 Å². The van der Waals surface area contributed by atoms with Gasteiger partial charge < -0.3 is 29.2 Å². The Morgan fingerprint density at radius 2 is 1.78 bits per heavy atom. The third-order valence-corrected chi connectivity index (χ3v) is 5.92. The molecule has 0 aliphatic carbocycles. The lowest BCUT2D eigenvalue weighted by Gasteiger charge is -2.08. The number of rotatable bonds is 8. The SMILES string of the molecule is COc1ccc(CC(=O)NCC(=O)N=Nc2c(O)n(Cc3ccc4c(c3)OCO4)c3ccccc23)cc1. The van der Waals surface area contributed by atoms with Crippen LogP contribution in [0.4, 0.5) is 5.69 Å². The maximum atomic E-state index is 12.3. The molecule has 0 atom stereocenters. The number of fused-ring (bicyclic) bond motifs is 2. The maximum Gasteiger partial charge on any atom is 0.283 e. The molecule has 1 aromatic heterocycles. The fraction of sp³-hybridized carbons (Fsp3) is 0.185. The number of aromatic nitrogens is 1. The number of amides is 2. The molecule has 0 saturated carbocycles. The monoisotopic (exact) mass is 500 g/mol. The molecule has 2 N–H and O–H groups in total. The lowest BCUT2D eigenvalue weighted by atomic mass is 10.1. The van der Waals surface area contributed by atoms with Crippen molar-refractivity contribution >= 4 is 28.4 Å². The molecule has 4 aromatic rings. The summed E-state index contributed by atoms with van der Waals surface area (Å²) < 4.78 is 17.6. The highest BCUT2D eigenvalue weighted by Crippen LogP contribution is 2.40. The number of hydrogen-bond acceptors (Lipinski definition) is 7. The van der Waals surface area contributed by atoms with Gasteiger partial charge >= 0.3 is 0 Å². The van der Waals surface area contributed by atoms with E-state index in [1.54, 1.807) is 42.0 Å². The van der Waals surface area contributed by atoms with E-state index >= 15 is 0 Å². The Labute approximate surface area is 212 Å². The highest BCUT2D eigenvalue weighted by atomic mass is 16.7. The number of azo groups is 1. The molecular weight excluding hydrogens is 476 g/mol. The number of aromatic hydroxyl groups is 1. The van der Waals surface area contributed by atoms with Gasteiger partial charge in [0.1, 0.15) is 12.3 Å². The van der Waals surface area contributed by atoms with Gasteiger partial charge in [0.15, 0.2) is 17.2 Å². The fourth-order valence-electron chi connectivity index (χ4n) is 4.06. The summed E-state index contributed by atoms with van der Waals surface area (Å²) in [6.07, 6.45) is 0.114. The van der Waals surface area contributed by atoms with E-state index in [1.165, 1.54) is 0 Å². The van der Waals surface area contributed by atoms with Crippen molar-refractivity contribution in [3.8, 4) is 23.1 Å². The molecule has 3 aromatic carbocycles. The van der Waals surface area contributed by atoms with E-state index in [1.807, 2.05) is 36.4 Å². The zero-order valence-electron chi connectivity index (χ0n) is 20.0. The lowest BCUT2D eigenvalue weighted by molar-refractivity contribution is -0.124. The zero-order valence-corrected chi connectivity index (χ0v) is 20.0. The minimum Gasteiger partial charge on any atom is -0.497 e. The molecule has 0 spiro atoms. The van der Waals surface area contributed by atoms with E-state index in [0.717, 1.165) is 16.6 Å². The summed E-state index contributed by atoms with van der Waals surface area (Å²) in [7, 11) is 1.57. The standard InChI is InChI=1S/C27H24N4O6/c1-35-19-9-6-17(7-10-19)13-24(32)28-14-25(33)29-30-26-20-4-2-3-5-21(20)31(27(26)34)15-18-8-11-22-23(12-18)37-16-36-22/h2-12,34H,13-16H2,1H3,(H,28,32). The maximum absolute atomic E-state index is 12.3. The van der Waals surface area contributed by atoms with Crippen molar-refractivity contribution < 1.29 is 28.9 Å². The van der Waals surface area contributed by atoms with E-state index in [0.29, 0.717) is 29.2 Å². The summed E-state index contributed by atoms with van der Waals surface area (Å²) in [6, 6.07) is 20.0. The van der Waals surface area contributed by atoms with Gasteiger partial charge in [-0.3, -0.25) is 9.59 Å². The Balaban J connectivity index is 1.27. The van der Waals surface area contributed by atoms with Gasteiger partial charge in [-0.25, -0.2) is 0 Å². The topological polar surface area (TPSA) is 124 Å². The number of para-hydroxylation sites is 1. The Morgan fingerprint density at radius 1 is 1.03 bits per heavy atom. The summed E-state index contributed by atoms with van der Waals surface area (Å²) in [5.41, 5.74) is 2.58. The van der Waals surface area contributed by atoms with E-state index < -0.39 is 5.91 Å². The molecule has 0 unspecified atom stereocenters. The first-order valence-electron chi connectivity index (χ1n) is 11.5. The highest BCUT2D eigenvalue weighted by Gasteiger charge is 2.19.